The molecular formula is C45H78N2O2. The molecule has 0 saturated heterocycles. The van der Waals surface area contributed by atoms with Crippen LogP contribution < -0.4 is 5.32 Å². The van der Waals surface area contributed by atoms with Crippen molar-refractivity contribution in [1.82, 2.24) is 5.32 Å². The Balaban J connectivity index is 1.79. The Kier molecular flexibility index (Phi) is 25.1. The van der Waals surface area contributed by atoms with Crippen molar-refractivity contribution >= 4 is 5.69 Å². The van der Waals surface area contributed by atoms with Gasteiger partial charge in [-0.1, -0.05) is 199 Å². The van der Waals surface area contributed by atoms with E-state index in [1.165, 1.54) is 189 Å². The van der Waals surface area contributed by atoms with E-state index in [1.807, 2.05) is 18.2 Å². The fourth-order valence-electron chi connectivity index (χ4n) is 8.04. The van der Waals surface area contributed by atoms with Crippen molar-refractivity contribution < 1.29 is 4.92 Å². The van der Waals surface area contributed by atoms with Crippen LogP contribution >= 0.6 is 0 Å². The molecule has 0 saturated carbocycles. The average Bonchev–Trinajstić information content (AvgIpc) is 3.09. The van der Waals surface area contributed by atoms with Gasteiger partial charge in [-0.05, 0) is 50.7 Å². The molecule has 0 aromatic heterocycles. The number of nitro benzene ring substituents is 1. The first-order chi connectivity index (χ1) is 24.0. The molecule has 1 aliphatic rings. The summed E-state index contributed by atoms with van der Waals surface area (Å²) in [5, 5.41) is 15.9. The van der Waals surface area contributed by atoms with Gasteiger partial charge >= 0.3 is 0 Å². The highest BCUT2D eigenvalue weighted by molar-refractivity contribution is 5.53. The molecule has 0 spiro atoms. The number of para-hydroxylation sites is 1. The van der Waals surface area contributed by atoms with Crippen LogP contribution in [-0.4, -0.2) is 4.92 Å². The summed E-state index contributed by atoms with van der Waals surface area (Å²) < 4.78 is 0. The maximum absolute atomic E-state index is 12.2. The van der Waals surface area contributed by atoms with Crippen LogP contribution in [0.3, 0.4) is 0 Å². The Hall–Kier alpha value is -2.10. The monoisotopic (exact) mass is 679 g/mol. The number of rotatable bonds is 32. The van der Waals surface area contributed by atoms with Crippen LogP contribution in [0.4, 0.5) is 5.69 Å². The van der Waals surface area contributed by atoms with Gasteiger partial charge < -0.3 is 5.32 Å². The van der Waals surface area contributed by atoms with Gasteiger partial charge in [0.15, 0.2) is 0 Å². The van der Waals surface area contributed by atoms with Crippen molar-refractivity contribution in [2.75, 3.05) is 0 Å². The molecule has 0 unspecified atom stereocenters. The molecule has 1 aliphatic heterocycles. The number of allylic oxidation sites excluding steroid dienone is 4. The number of hydrogen-bond acceptors (Lipinski definition) is 3. The predicted molar refractivity (Wildman–Crippen MR) is 214 cm³/mol. The molecule has 0 fully saturated rings. The fraction of sp³-hybridized carbons (Fsp3) is 0.778. The highest BCUT2D eigenvalue weighted by Gasteiger charge is 2.32. The second-order valence-electron chi connectivity index (χ2n) is 15.4. The molecule has 4 nitrogen and oxygen atoms in total. The first-order valence-electron chi connectivity index (χ1n) is 21.4. The van der Waals surface area contributed by atoms with Crippen molar-refractivity contribution in [3.05, 3.63) is 62.5 Å². The summed E-state index contributed by atoms with van der Waals surface area (Å²) in [5.74, 6) is 0.0202. The molecule has 0 aliphatic carbocycles. The smallest absolute Gasteiger partial charge is 0.273 e. The molecule has 1 N–H and O–H groups in total. The standard InChI is InChI=1S/C45H78N2O2/c1-5-7-9-11-13-15-17-19-21-23-25-27-29-31-35-41-39(3)46-40(4)42(45(41)43-37-33-34-38-44(43)47(48)49)36-32-30-28-26-24-22-20-18-16-14-12-10-8-6-2/h33-34,37-38,45-46H,5-32,35-36H2,1-4H3. The van der Waals surface area contributed by atoms with Crippen LogP contribution in [0.15, 0.2) is 46.8 Å². The maximum atomic E-state index is 12.2. The molecule has 4 heteroatoms. The van der Waals surface area contributed by atoms with Crippen LogP contribution in [0.5, 0.6) is 0 Å². The van der Waals surface area contributed by atoms with E-state index in [0.29, 0.717) is 0 Å². The summed E-state index contributed by atoms with van der Waals surface area (Å²) in [5.41, 5.74) is 6.32. The minimum Gasteiger partial charge on any atom is -0.363 e. The van der Waals surface area contributed by atoms with Crippen molar-refractivity contribution in [3.63, 3.8) is 0 Å². The zero-order valence-electron chi connectivity index (χ0n) is 32.9. The lowest BCUT2D eigenvalue weighted by atomic mass is 9.76. The highest BCUT2D eigenvalue weighted by atomic mass is 16.6. The van der Waals surface area contributed by atoms with Gasteiger partial charge in [0.1, 0.15) is 0 Å². The number of nitrogens with zero attached hydrogens (tertiary/aromatic N) is 1. The lowest BCUT2D eigenvalue weighted by Gasteiger charge is -2.33. The molecule has 49 heavy (non-hydrogen) atoms. The number of benzene rings is 1. The molecule has 0 amide bonds. The second-order valence-corrected chi connectivity index (χ2v) is 15.4. The molecule has 2 rings (SSSR count). The van der Waals surface area contributed by atoms with Gasteiger partial charge in [-0.3, -0.25) is 10.1 Å². The number of hydrogen-bond donors (Lipinski definition) is 1. The predicted octanol–water partition coefficient (Wildman–Crippen LogP) is 15.6. The molecule has 1 heterocycles. The number of nitro groups is 1. The molecule has 0 atom stereocenters. The SMILES string of the molecule is CCCCCCCCCCCCCCCCC1=C(C)NC(C)=C(CCCCCCCCCCCCCCCC)C1c1ccccc1[N+](=O)[O-]. The van der Waals surface area contributed by atoms with E-state index in [0.717, 1.165) is 31.2 Å². The van der Waals surface area contributed by atoms with Crippen LogP contribution in [0.25, 0.3) is 0 Å². The zero-order valence-corrected chi connectivity index (χ0v) is 32.9. The van der Waals surface area contributed by atoms with Gasteiger partial charge in [0.25, 0.3) is 5.69 Å². The van der Waals surface area contributed by atoms with E-state index in [4.69, 9.17) is 0 Å². The van der Waals surface area contributed by atoms with E-state index >= 15 is 0 Å². The summed E-state index contributed by atoms with van der Waals surface area (Å²) in [6.07, 6.45) is 40.1. The fourth-order valence-corrected chi connectivity index (χ4v) is 8.04. The molecule has 0 radical (unpaired) electrons. The minimum atomic E-state index is -0.170. The van der Waals surface area contributed by atoms with E-state index in [1.54, 1.807) is 6.07 Å². The van der Waals surface area contributed by atoms with Gasteiger partial charge in [0, 0.05) is 28.9 Å². The number of nitrogens with one attached hydrogen (secondary N) is 1. The topological polar surface area (TPSA) is 55.2 Å². The minimum absolute atomic E-state index is 0.0202. The summed E-state index contributed by atoms with van der Waals surface area (Å²) in [4.78, 5) is 12.0. The normalized spacial score (nSPS) is 13.8. The highest BCUT2D eigenvalue weighted by Crippen LogP contribution is 2.45. The third kappa shape index (κ3) is 18.6. The Labute approximate surface area is 303 Å². The summed E-state index contributed by atoms with van der Waals surface area (Å²) in [6.45, 7) is 8.95. The Morgan fingerprint density at radius 2 is 0.816 bits per heavy atom. The molecular weight excluding hydrogens is 601 g/mol. The van der Waals surface area contributed by atoms with Crippen molar-refractivity contribution in [2.45, 2.75) is 226 Å². The number of unbranched alkanes of at least 4 members (excludes halogenated alkanes) is 26. The summed E-state index contributed by atoms with van der Waals surface area (Å²) in [6, 6.07) is 7.53. The largest absolute Gasteiger partial charge is 0.363 e. The van der Waals surface area contributed by atoms with Crippen molar-refractivity contribution in [3.8, 4) is 0 Å². The molecule has 0 bridgehead atoms. The van der Waals surface area contributed by atoms with Crippen LogP contribution in [0.2, 0.25) is 0 Å². The Bertz CT molecular complexity index is 1000. The lowest BCUT2D eigenvalue weighted by Crippen LogP contribution is -2.25. The van der Waals surface area contributed by atoms with Crippen LogP contribution in [-0.2, 0) is 0 Å². The van der Waals surface area contributed by atoms with Gasteiger partial charge in [0.2, 0.25) is 0 Å². The number of dihydropyridines is 1. The Morgan fingerprint density at radius 1 is 0.510 bits per heavy atom. The molecule has 280 valence electrons. The van der Waals surface area contributed by atoms with Gasteiger partial charge in [-0.25, -0.2) is 0 Å². The van der Waals surface area contributed by atoms with Crippen LogP contribution in [0.1, 0.15) is 232 Å². The van der Waals surface area contributed by atoms with Crippen LogP contribution in [0, 0.1) is 10.1 Å². The lowest BCUT2D eigenvalue weighted by molar-refractivity contribution is -0.385. The van der Waals surface area contributed by atoms with Crippen molar-refractivity contribution in [2.24, 2.45) is 0 Å². The zero-order chi connectivity index (χ0) is 35.4. The molecule has 1 aromatic carbocycles. The van der Waals surface area contributed by atoms with Crippen molar-refractivity contribution in [1.29, 1.82) is 0 Å². The third-order valence-corrected chi connectivity index (χ3v) is 11.1. The van der Waals surface area contributed by atoms with Gasteiger partial charge in [-0.15, -0.1) is 0 Å². The summed E-state index contributed by atoms with van der Waals surface area (Å²) in [7, 11) is 0. The van der Waals surface area contributed by atoms with E-state index in [9.17, 15) is 10.1 Å². The quantitative estimate of drug-likeness (QED) is 0.0469. The second kappa shape index (κ2) is 28.6. The van der Waals surface area contributed by atoms with Gasteiger partial charge in [-0.2, -0.15) is 0 Å². The van der Waals surface area contributed by atoms with Gasteiger partial charge in [0.05, 0.1) is 4.92 Å². The van der Waals surface area contributed by atoms with E-state index < -0.39 is 0 Å². The molecule has 1 aromatic rings. The maximum Gasteiger partial charge on any atom is 0.273 e. The van der Waals surface area contributed by atoms with E-state index in [2.05, 4.69) is 33.0 Å². The average molecular weight is 679 g/mol. The third-order valence-electron chi connectivity index (χ3n) is 11.1. The Morgan fingerprint density at radius 3 is 1.14 bits per heavy atom. The van der Waals surface area contributed by atoms with E-state index in [-0.39, 0.29) is 16.5 Å². The summed E-state index contributed by atoms with van der Waals surface area (Å²) >= 11 is 0. The first-order valence-corrected chi connectivity index (χ1v) is 21.4. The first kappa shape index (κ1) is 43.1.